The number of amides is 1. The van der Waals surface area contributed by atoms with E-state index in [1.165, 1.54) is 11.3 Å². The third kappa shape index (κ3) is 5.12. The minimum absolute atomic E-state index is 0.0274. The fourth-order valence-corrected chi connectivity index (χ4v) is 6.55. The molecule has 0 spiro atoms. The third-order valence-corrected chi connectivity index (χ3v) is 8.83. The summed E-state index contributed by atoms with van der Waals surface area (Å²) in [5.41, 5.74) is 3.25. The lowest BCUT2D eigenvalue weighted by atomic mass is 9.89. The van der Waals surface area contributed by atoms with Crippen LogP contribution in [0.3, 0.4) is 0 Å². The monoisotopic (exact) mass is 518 g/mol. The molecule has 1 aliphatic carbocycles. The topological polar surface area (TPSA) is 57.3 Å². The summed E-state index contributed by atoms with van der Waals surface area (Å²) in [5, 5.41) is 7.98. The summed E-state index contributed by atoms with van der Waals surface area (Å²) in [4.78, 5) is 21.2. The van der Waals surface area contributed by atoms with Crippen LogP contribution in [0.5, 0.6) is 0 Å². The van der Waals surface area contributed by atoms with Crippen LogP contribution in [0.25, 0.3) is 21.2 Å². The van der Waals surface area contributed by atoms with E-state index in [-0.39, 0.29) is 11.9 Å². The number of thiophene rings is 1. The van der Waals surface area contributed by atoms with E-state index in [1.807, 2.05) is 50.6 Å². The molecular weight excluding hydrogens is 488 g/mol. The number of anilines is 1. The number of hydrogen-bond donors (Lipinski definition) is 2. The number of hydrogen-bond acceptors (Lipinski definition) is 5. The summed E-state index contributed by atoms with van der Waals surface area (Å²) in [6.07, 6.45) is 5.97. The maximum Gasteiger partial charge on any atom is 0.266 e. The first-order valence-corrected chi connectivity index (χ1v) is 13.6. The second kappa shape index (κ2) is 11.0. The van der Waals surface area contributed by atoms with Crippen LogP contribution in [0.1, 0.15) is 40.9 Å². The molecule has 4 aromatic rings. The zero-order valence-corrected chi connectivity index (χ0v) is 22.2. The third-order valence-electron chi connectivity index (χ3n) is 7.17. The molecule has 1 saturated carbocycles. The van der Waals surface area contributed by atoms with Gasteiger partial charge in [-0.1, -0.05) is 48.0 Å². The molecule has 5 rings (SSSR count). The van der Waals surface area contributed by atoms with Crippen molar-refractivity contribution >= 4 is 44.7 Å². The van der Waals surface area contributed by atoms with Gasteiger partial charge in [-0.3, -0.25) is 4.79 Å². The maximum absolute atomic E-state index is 14.0. The fourth-order valence-electron chi connectivity index (χ4n) is 5.08. The van der Waals surface area contributed by atoms with Gasteiger partial charge in [-0.15, -0.1) is 11.3 Å². The van der Waals surface area contributed by atoms with Crippen molar-refractivity contribution in [2.75, 3.05) is 19.4 Å². The van der Waals surface area contributed by atoms with Gasteiger partial charge in [-0.25, -0.2) is 4.98 Å². The molecule has 2 N–H and O–H groups in total. The summed E-state index contributed by atoms with van der Waals surface area (Å²) < 4.78 is 1.05. The molecule has 1 amide bonds. The average molecular weight is 519 g/mol. The van der Waals surface area contributed by atoms with Crippen molar-refractivity contribution in [2.24, 2.45) is 0 Å². The number of rotatable bonds is 7. The Balaban J connectivity index is 1.46. The number of carbonyl (C=O) groups is 1. The highest BCUT2D eigenvalue weighted by Crippen LogP contribution is 2.37. The van der Waals surface area contributed by atoms with E-state index in [2.05, 4.69) is 50.8 Å². The van der Waals surface area contributed by atoms with Crippen LogP contribution in [0.4, 0.5) is 5.82 Å². The van der Waals surface area contributed by atoms with E-state index in [0.717, 1.165) is 58.3 Å². The minimum atomic E-state index is 0.0274. The number of halogens is 1. The number of benzene rings is 2. The fraction of sp³-hybridized carbons (Fsp3) is 0.310. The van der Waals surface area contributed by atoms with Gasteiger partial charge in [0.25, 0.3) is 5.91 Å². The molecule has 0 atom stereocenters. The van der Waals surface area contributed by atoms with Gasteiger partial charge in [0.2, 0.25) is 0 Å². The number of fused-ring (bicyclic) bond motifs is 1. The predicted octanol–water partition coefficient (Wildman–Crippen LogP) is 6.83. The van der Waals surface area contributed by atoms with Crippen molar-refractivity contribution in [2.45, 2.75) is 44.3 Å². The van der Waals surface area contributed by atoms with E-state index in [1.54, 1.807) is 0 Å². The molecule has 0 bridgehead atoms. The van der Waals surface area contributed by atoms with Gasteiger partial charge in [0.1, 0.15) is 10.7 Å². The Morgan fingerprint density at radius 2 is 1.83 bits per heavy atom. The van der Waals surface area contributed by atoms with E-state index >= 15 is 0 Å². The van der Waals surface area contributed by atoms with Gasteiger partial charge in [-0.05, 0) is 68.1 Å². The van der Waals surface area contributed by atoms with Crippen molar-refractivity contribution in [3.63, 3.8) is 0 Å². The average Bonchev–Trinajstić information content (AvgIpc) is 3.28. The molecule has 1 aliphatic rings. The molecule has 1 fully saturated rings. The molecule has 0 aliphatic heterocycles. The summed E-state index contributed by atoms with van der Waals surface area (Å²) in [7, 11) is 3.88. The van der Waals surface area contributed by atoms with Gasteiger partial charge in [0.05, 0.1) is 5.02 Å². The standard InChI is InChI=1S/C29H31ClN4OS/c1-31-22-11-13-23(14-12-22)34(29(35)28-27(30)24-8-3-4-9-25(24)36-28)18-19-6-5-7-20(16-19)21-10-15-26(32-2)33-17-21/h3-10,15-17,22-23,31H,11-14,18H2,1-2H3,(H,32,33). The van der Waals surface area contributed by atoms with Crippen molar-refractivity contribution in [3.8, 4) is 11.1 Å². The van der Waals surface area contributed by atoms with E-state index in [9.17, 15) is 4.79 Å². The Morgan fingerprint density at radius 1 is 1.03 bits per heavy atom. The van der Waals surface area contributed by atoms with Gasteiger partial charge in [0, 0.05) is 47.5 Å². The van der Waals surface area contributed by atoms with Crippen molar-refractivity contribution in [3.05, 3.63) is 82.3 Å². The van der Waals surface area contributed by atoms with Gasteiger partial charge in [0.15, 0.2) is 0 Å². The van der Waals surface area contributed by atoms with Gasteiger partial charge in [-0.2, -0.15) is 0 Å². The summed E-state index contributed by atoms with van der Waals surface area (Å²) in [6, 6.07) is 21.1. The van der Waals surface area contributed by atoms with Crippen molar-refractivity contribution in [1.29, 1.82) is 0 Å². The molecule has 7 heteroatoms. The first-order chi connectivity index (χ1) is 17.6. The highest BCUT2D eigenvalue weighted by atomic mass is 35.5. The molecule has 0 unspecified atom stereocenters. The van der Waals surface area contributed by atoms with Gasteiger partial charge < -0.3 is 15.5 Å². The summed E-state index contributed by atoms with van der Waals surface area (Å²) >= 11 is 8.25. The lowest BCUT2D eigenvalue weighted by Crippen LogP contribution is -2.44. The normalized spacial score (nSPS) is 17.8. The summed E-state index contributed by atoms with van der Waals surface area (Å²) in [5.74, 6) is 0.864. The molecule has 0 radical (unpaired) electrons. The minimum Gasteiger partial charge on any atom is -0.373 e. The second-order valence-corrected chi connectivity index (χ2v) is 10.8. The second-order valence-electron chi connectivity index (χ2n) is 9.35. The number of nitrogens with zero attached hydrogens (tertiary/aromatic N) is 2. The van der Waals surface area contributed by atoms with Crippen LogP contribution in [0.15, 0.2) is 66.9 Å². The zero-order chi connectivity index (χ0) is 25.1. The van der Waals surface area contributed by atoms with E-state index in [4.69, 9.17) is 11.6 Å². The van der Waals surface area contributed by atoms with Crippen LogP contribution in [-0.2, 0) is 6.54 Å². The Bertz CT molecular complexity index is 1350. The molecule has 36 heavy (non-hydrogen) atoms. The lowest BCUT2D eigenvalue weighted by molar-refractivity contribution is 0.0606. The number of nitrogens with one attached hydrogen (secondary N) is 2. The Hall–Kier alpha value is -2.93. The largest absolute Gasteiger partial charge is 0.373 e. The molecule has 2 heterocycles. The predicted molar refractivity (Wildman–Crippen MR) is 151 cm³/mol. The lowest BCUT2D eigenvalue weighted by Gasteiger charge is -2.37. The first-order valence-electron chi connectivity index (χ1n) is 12.5. The van der Waals surface area contributed by atoms with Crippen LogP contribution in [0, 0.1) is 0 Å². The highest BCUT2D eigenvalue weighted by molar-refractivity contribution is 7.21. The number of aromatic nitrogens is 1. The zero-order valence-electron chi connectivity index (χ0n) is 20.6. The Morgan fingerprint density at radius 3 is 2.53 bits per heavy atom. The Labute approximate surface area is 221 Å². The van der Waals surface area contributed by atoms with Crippen LogP contribution < -0.4 is 10.6 Å². The quantitative estimate of drug-likeness (QED) is 0.281. The molecule has 5 nitrogen and oxygen atoms in total. The molecule has 2 aromatic heterocycles. The Kier molecular flexibility index (Phi) is 7.56. The van der Waals surface area contributed by atoms with Crippen LogP contribution >= 0.6 is 22.9 Å². The van der Waals surface area contributed by atoms with Crippen molar-refractivity contribution < 1.29 is 4.79 Å². The smallest absolute Gasteiger partial charge is 0.266 e. The summed E-state index contributed by atoms with van der Waals surface area (Å²) in [6.45, 7) is 0.550. The number of carbonyl (C=O) groups excluding carboxylic acids is 1. The SMILES string of the molecule is CNc1ccc(-c2cccc(CN(C(=O)c3sc4ccccc4c3Cl)C3CCC(NC)CC3)c2)cn1. The van der Waals surface area contributed by atoms with Gasteiger partial charge >= 0.3 is 0 Å². The maximum atomic E-state index is 14.0. The van der Waals surface area contributed by atoms with Crippen LogP contribution in [-0.4, -0.2) is 42.0 Å². The number of pyridine rings is 1. The van der Waals surface area contributed by atoms with E-state index in [0.29, 0.717) is 22.5 Å². The highest BCUT2D eigenvalue weighted by Gasteiger charge is 2.31. The van der Waals surface area contributed by atoms with Crippen molar-refractivity contribution in [1.82, 2.24) is 15.2 Å². The molecule has 186 valence electrons. The van der Waals surface area contributed by atoms with E-state index < -0.39 is 0 Å². The first kappa shape index (κ1) is 24.8. The van der Waals surface area contributed by atoms with Crippen LogP contribution in [0.2, 0.25) is 5.02 Å². The molecule has 2 aromatic carbocycles. The molecule has 0 saturated heterocycles. The molecular formula is C29H31ClN4OS.